The van der Waals surface area contributed by atoms with Crippen LogP contribution in [0.15, 0.2) is 36.4 Å². The van der Waals surface area contributed by atoms with Gasteiger partial charge in [-0.2, -0.15) is 0 Å². The first-order chi connectivity index (χ1) is 27.9. The molecule has 312 valence electrons. The molecule has 4 N–H and O–H groups in total. The van der Waals surface area contributed by atoms with Crippen LogP contribution in [-0.4, -0.2) is 106 Å². The molecule has 2 aromatic heterocycles. The summed E-state index contributed by atoms with van der Waals surface area (Å²) in [6.45, 7) is 9.54. The second-order valence-corrected chi connectivity index (χ2v) is 16.3. The molecular weight excluding hydrogens is 743 g/mol. The van der Waals surface area contributed by atoms with E-state index in [9.17, 15) is 19.2 Å². The van der Waals surface area contributed by atoms with E-state index in [1.807, 2.05) is 35.8 Å². The summed E-state index contributed by atoms with van der Waals surface area (Å²) < 4.78 is 34.6. The SMILES string of the molecule is CC[C@H](NC(=O)[C@H](C)NC)C(=O)N1CCC[C@H]1Cc1c2n(c3cc(F)ccc13)CCn1c-2c(C[C@@H]2CCCN2C(=O)[C@H](CC)NC(=O)[C@H](C)NC)c2ccc(F)cc21. The zero-order valence-corrected chi connectivity index (χ0v) is 34.6. The number of aromatic nitrogens is 2. The molecule has 0 bridgehead atoms. The number of halogens is 2. The minimum Gasteiger partial charge on any atom is -0.343 e. The van der Waals surface area contributed by atoms with Crippen LogP contribution in [-0.2, 0) is 45.1 Å². The average Bonchev–Trinajstić information content (AvgIpc) is 4.02. The summed E-state index contributed by atoms with van der Waals surface area (Å²) in [5.41, 5.74) is 5.39. The monoisotopic (exact) mass is 800 g/mol. The lowest BCUT2D eigenvalue weighted by Gasteiger charge is -2.31. The first-order valence-electron chi connectivity index (χ1n) is 21.1. The summed E-state index contributed by atoms with van der Waals surface area (Å²) in [6.07, 6.45) is 5.13. The van der Waals surface area contributed by atoms with Crippen molar-refractivity contribution in [3.05, 3.63) is 59.2 Å². The number of fused-ring (bicyclic) bond motifs is 7. The summed E-state index contributed by atoms with van der Waals surface area (Å²) in [7, 11) is 3.42. The van der Waals surface area contributed by atoms with E-state index in [4.69, 9.17) is 0 Å². The van der Waals surface area contributed by atoms with Gasteiger partial charge in [0, 0.05) is 49.0 Å². The number of benzene rings is 2. The number of carbonyl (C=O) groups is 4. The zero-order valence-electron chi connectivity index (χ0n) is 34.6. The van der Waals surface area contributed by atoms with Crippen molar-refractivity contribution in [2.24, 2.45) is 0 Å². The van der Waals surface area contributed by atoms with Crippen LogP contribution in [0, 0.1) is 11.6 Å². The van der Waals surface area contributed by atoms with Crippen molar-refractivity contribution in [1.82, 2.24) is 40.2 Å². The van der Waals surface area contributed by atoms with Gasteiger partial charge in [-0.3, -0.25) is 19.2 Å². The number of rotatable bonds is 14. The van der Waals surface area contributed by atoms with Gasteiger partial charge in [-0.15, -0.1) is 0 Å². The minimum absolute atomic E-state index is 0.108. The number of nitrogens with one attached hydrogen (secondary N) is 4. The Morgan fingerprint density at radius 1 is 0.655 bits per heavy atom. The predicted molar refractivity (Wildman–Crippen MR) is 221 cm³/mol. The summed E-state index contributed by atoms with van der Waals surface area (Å²) >= 11 is 0. The smallest absolute Gasteiger partial charge is 0.245 e. The normalized spacial score (nSPS) is 19.9. The van der Waals surface area contributed by atoms with Gasteiger partial charge in [-0.1, -0.05) is 13.8 Å². The third kappa shape index (κ3) is 7.60. The number of likely N-dealkylation sites (tertiary alicyclic amines) is 2. The molecule has 3 aliphatic rings. The van der Waals surface area contributed by atoms with E-state index in [0.29, 0.717) is 51.9 Å². The van der Waals surface area contributed by atoms with Crippen LogP contribution in [0.25, 0.3) is 33.2 Å². The van der Waals surface area contributed by atoms with E-state index in [0.717, 1.165) is 70.0 Å². The van der Waals surface area contributed by atoms with Crippen molar-refractivity contribution < 1.29 is 28.0 Å². The Balaban J connectivity index is 1.29. The molecule has 2 aromatic carbocycles. The highest BCUT2D eigenvalue weighted by Gasteiger charge is 2.39. The largest absolute Gasteiger partial charge is 0.343 e. The standard InChI is InChI=1S/C44H58F2N8O4/c1-7-35(49-41(55)25(3)47-5)43(57)51-17-9-11-29(51)23-33-31-15-13-27(45)21-37(31)53-19-20-54-38-22-28(46)14-16-32(38)34(40(54)39(33)53)24-30-12-10-18-52(30)44(58)36(8-2)50-42(56)26(4)48-6/h13-16,21-22,25-26,29-30,35-36,47-48H,7-12,17-20,23-24H2,1-6H3,(H,49,55)(H,50,56)/t25-,26-,29-,30-,35-,36-/m0/s1. The van der Waals surface area contributed by atoms with Crippen LogP contribution >= 0.6 is 0 Å². The lowest BCUT2D eigenvalue weighted by Crippen LogP contribution is -2.53. The number of hydrogen-bond acceptors (Lipinski definition) is 6. The summed E-state index contributed by atoms with van der Waals surface area (Å²) in [5, 5.41) is 13.6. The molecule has 2 fully saturated rings. The lowest BCUT2D eigenvalue weighted by molar-refractivity contribution is -0.137. The van der Waals surface area contributed by atoms with E-state index in [1.165, 1.54) is 12.1 Å². The second-order valence-electron chi connectivity index (χ2n) is 16.3. The topological polar surface area (TPSA) is 133 Å². The maximum Gasteiger partial charge on any atom is 0.245 e. The van der Waals surface area contributed by atoms with Gasteiger partial charge in [0.15, 0.2) is 0 Å². The molecule has 58 heavy (non-hydrogen) atoms. The lowest BCUT2D eigenvalue weighted by atomic mass is 9.94. The Bertz CT molecular complexity index is 2060. The highest BCUT2D eigenvalue weighted by Crippen LogP contribution is 2.45. The second kappa shape index (κ2) is 17.2. The van der Waals surface area contributed by atoms with E-state index >= 15 is 8.78 Å². The number of aryl methyl sites for hydroxylation is 2. The third-order valence-corrected chi connectivity index (χ3v) is 12.9. The third-order valence-electron chi connectivity index (χ3n) is 12.9. The molecule has 4 amide bonds. The summed E-state index contributed by atoms with van der Waals surface area (Å²) in [4.78, 5) is 57.8. The summed E-state index contributed by atoms with van der Waals surface area (Å²) in [5.74, 6) is -1.36. The zero-order chi connectivity index (χ0) is 41.4. The van der Waals surface area contributed by atoms with E-state index < -0.39 is 24.2 Å². The van der Waals surface area contributed by atoms with Gasteiger partial charge >= 0.3 is 0 Å². The van der Waals surface area contributed by atoms with Gasteiger partial charge in [-0.25, -0.2) is 8.78 Å². The van der Waals surface area contributed by atoms with Gasteiger partial charge in [0.05, 0.1) is 34.5 Å². The molecule has 0 aliphatic carbocycles. The van der Waals surface area contributed by atoms with Crippen molar-refractivity contribution in [3.8, 4) is 11.4 Å². The van der Waals surface area contributed by atoms with Crippen molar-refractivity contribution in [1.29, 1.82) is 0 Å². The van der Waals surface area contributed by atoms with Crippen molar-refractivity contribution in [2.75, 3.05) is 27.2 Å². The number of carbonyl (C=O) groups excluding carboxylic acids is 4. The molecule has 3 aliphatic heterocycles. The van der Waals surface area contributed by atoms with Crippen LogP contribution in [0.1, 0.15) is 77.3 Å². The van der Waals surface area contributed by atoms with Crippen molar-refractivity contribution >= 4 is 45.4 Å². The number of amides is 4. The van der Waals surface area contributed by atoms with E-state index in [-0.39, 0.29) is 47.3 Å². The van der Waals surface area contributed by atoms with Crippen molar-refractivity contribution in [2.45, 2.75) is 128 Å². The van der Waals surface area contributed by atoms with Crippen LogP contribution in [0.2, 0.25) is 0 Å². The van der Waals surface area contributed by atoms with Crippen LogP contribution in [0.3, 0.4) is 0 Å². The van der Waals surface area contributed by atoms with Crippen LogP contribution in [0.5, 0.6) is 0 Å². The van der Waals surface area contributed by atoms with Crippen molar-refractivity contribution in [3.63, 3.8) is 0 Å². The fourth-order valence-electron chi connectivity index (χ4n) is 9.49. The van der Waals surface area contributed by atoms with Gasteiger partial charge in [-0.05, 0) is 127 Å². The maximum absolute atomic E-state index is 15.1. The Labute approximate surface area is 339 Å². The number of hydrogen-bond donors (Lipinski definition) is 4. The number of nitrogens with zero attached hydrogens (tertiary/aromatic N) is 4. The molecule has 2 saturated heterocycles. The molecule has 0 saturated carbocycles. The average molecular weight is 801 g/mol. The molecule has 7 rings (SSSR count). The minimum atomic E-state index is -0.661. The number of likely N-dealkylation sites (N-methyl/N-ethyl adjacent to an activating group) is 2. The Morgan fingerprint density at radius 2 is 1.05 bits per heavy atom. The molecule has 4 aromatic rings. The Hall–Kier alpha value is -4.82. The van der Waals surface area contributed by atoms with E-state index in [1.54, 1.807) is 40.1 Å². The molecular formula is C44H58F2N8O4. The first-order valence-corrected chi connectivity index (χ1v) is 21.1. The maximum atomic E-state index is 15.1. The van der Waals surface area contributed by atoms with Gasteiger partial charge in [0.1, 0.15) is 23.7 Å². The Morgan fingerprint density at radius 3 is 1.41 bits per heavy atom. The predicted octanol–water partition coefficient (Wildman–Crippen LogP) is 4.63. The summed E-state index contributed by atoms with van der Waals surface area (Å²) in [6, 6.07) is 7.26. The molecule has 6 atom stereocenters. The molecule has 0 unspecified atom stereocenters. The van der Waals surface area contributed by atoms with Crippen LogP contribution in [0.4, 0.5) is 8.78 Å². The molecule has 0 radical (unpaired) electrons. The van der Waals surface area contributed by atoms with Gasteiger partial charge < -0.3 is 40.2 Å². The Kier molecular flexibility index (Phi) is 12.3. The molecule has 12 nitrogen and oxygen atoms in total. The molecule has 14 heteroatoms. The van der Waals surface area contributed by atoms with Crippen LogP contribution < -0.4 is 21.3 Å². The highest BCUT2D eigenvalue weighted by molar-refractivity contribution is 5.98. The highest BCUT2D eigenvalue weighted by atomic mass is 19.1. The first kappa shape index (κ1) is 41.3. The fraction of sp³-hybridized carbons (Fsp3) is 0.545. The molecule has 5 heterocycles. The fourth-order valence-corrected chi connectivity index (χ4v) is 9.49. The van der Waals surface area contributed by atoms with Gasteiger partial charge in [0.2, 0.25) is 23.6 Å². The van der Waals surface area contributed by atoms with E-state index in [2.05, 4.69) is 30.4 Å². The quantitative estimate of drug-likeness (QED) is 0.147. The van der Waals surface area contributed by atoms with Gasteiger partial charge in [0.25, 0.3) is 0 Å². The molecule has 0 spiro atoms.